The zero-order chi connectivity index (χ0) is 18.8. The summed E-state index contributed by atoms with van der Waals surface area (Å²) >= 11 is 0. The van der Waals surface area contributed by atoms with Crippen LogP contribution in [0.3, 0.4) is 0 Å². The molecule has 9 heteroatoms. The molecule has 2 atom stereocenters. The van der Waals surface area contributed by atoms with E-state index in [1.54, 1.807) is 13.4 Å². The summed E-state index contributed by atoms with van der Waals surface area (Å²) in [6.45, 7) is 9.82. The van der Waals surface area contributed by atoms with Crippen LogP contribution in [-0.4, -0.2) is 46.4 Å². The van der Waals surface area contributed by atoms with E-state index in [1.807, 2.05) is 19.1 Å². The SMILES string of the molecule is CCNC(=NCc1nc(-c2ccco2)n[nH]1)NC1CC(C)(OC)C1(C)C.I. The largest absolute Gasteiger partial charge is 0.461 e. The van der Waals surface area contributed by atoms with E-state index in [2.05, 4.69) is 51.6 Å². The van der Waals surface area contributed by atoms with E-state index in [4.69, 9.17) is 9.15 Å². The number of aromatic nitrogens is 3. The predicted molar refractivity (Wildman–Crippen MR) is 115 cm³/mol. The zero-order valence-electron chi connectivity index (χ0n) is 16.5. The van der Waals surface area contributed by atoms with Gasteiger partial charge in [0.1, 0.15) is 12.4 Å². The minimum Gasteiger partial charge on any atom is -0.461 e. The lowest BCUT2D eigenvalue weighted by Gasteiger charge is -2.59. The van der Waals surface area contributed by atoms with Gasteiger partial charge in [-0.1, -0.05) is 13.8 Å². The number of hydrogen-bond acceptors (Lipinski definition) is 5. The summed E-state index contributed by atoms with van der Waals surface area (Å²) in [5.41, 5.74) is -0.110. The second-order valence-corrected chi connectivity index (χ2v) is 7.34. The highest BCUT2D eigenvalue weighted by atomic mass is 127. The van der Waals surface area contributed by atoms with Crippen LogP contribution in [0.25, 0.3) is 11.6 Å². The summed E-state index contributed by atoms with van der Waals surface area (Å²) < 4.78 is 11.0. The second-order valence-electron chi connectivity index (χ2n) is 7.34. The molecule has 0 radical (unpaired) electrons. The number of aromatic amines is 1. The molecule has 150 valence electrons. The van der Waals surface area contributed by atoms with Crippen molar-refractivity contribution in [3.63, 3.8) is 0 Å². The highest BCUT2D eigenvalue weighted by Gasteiger charge is 2.58. The Kier molecular flexibility index (Phi) is 6.90. The summed E-state index contributed by atoms with van der Waals surface area (Å²) in [6, 6.07) is 3.93. The van der Waals surface area contributed by atoms with E-state index in [0.29, 0.717) is 30.0 Å². The number of ether oxygens (including phenoxy) is 1. The predicted octanol–water partition coefficient (Wildman–Crippen LogP) is 2.94. The molecule has 3 rings (SSSR count). The first-order valence-electron chi connectivity index (χ1n) is 8.95. The molecule has 8 nitrogen and oxygen atoms in total. The van der Waals surface area contributed by atoms with E-state index in [0.717, 1.165) is 18.9 Å². The van der Waals surface area contributed by atoms with Crippen LogP contribution >= 0.6 is 24.0 Å². The highest BCUT2D eigenvalue weighted by Crippen LogP contribution is 2.51. The molecular weight excluding hydrogens is 459 g/mol. The minimum atomic E-state index is -0.120. The Labute approximate surface area is 177 Å². The monoisotopic (exact) mass is 488 g/mol. The summed E-state index contributed by atoms with van der Waals surface area (Å²) in [5, 5.41) is 13.9. The number of halogens is 1. The van der Waals surface area contributed by atoms with Crippen LogP contribution in [0.2, 0.25) is 0 Å². The lowest BCUT2D eigenvalue weighted by atomic mass is 9.56. The van der Waals surface area contributed by atoms with Crippen LogP contribution < -0.4 is 10.6 Å². The maximum Gasteiger partial charge on any atom is 0.216 e. The Balaban J connectivity index is 0.00000261. The van der Waals surface area contributed by atoms with Gasteiger partial charge in [-0.05, 0) is 32.4 Å². The molecule has 1 fully saturated rings. The van der Waals surface area contributed by atoms with Crippen LogP contribution in [0.15, 0.2) is 27.8 Å². The van der Waals surface area contributed by atoms with Crippen LogP contribution in [0.5, 0.6) is 0 Å². The molecule has 0 aliphatic heterocycles. The van der Waals surface area contributed by atoms with Gasteiger partial charge in [0, 0.05) is 25.1 Å². The molecule has 1 aliphatic carbocycles. The maximum absolute atomic E-state index is 5.70. The number of rotatable bonds is 6. The van der Waals surface area contributed by atoms with Gasteiger partial charge in [0.2, 0.25) is 5.82 Å². The van der Waals surface area contributed by atoms with Crippen molar-refractivity contribution in [1.82, 2.24) is 25.8 Å². The Morgan fingerprint density at radius 1 is 1.44 bits per heavy atom. The van der Waals surface area contributed by atoms with E-state index in [9.17, 15) is 0 Å². The fourth-order valence-corrected chi connectivity index (χ4v) is 3.24. The standard InChI is InChI=1S/C18H28N6O2.HI/c1-6-19-16(21-13-10-18(4,25-5)17(13,2)3)20-11-14-22-15(24-23-14)12-8-7-9-26-12;/h7-9,13H,6,10-11H2,1-5H3,(H2,19,20,21)(H,22,23,24);1H. The van der Waals surface area contributed by atoms with Gasteiger partial charge in [-0.2, -0.15) is 0 Å². The van der Waals surface area contributed by atoms with E-state index < -0.39 is 0 Å². The Hall–Kier alpha value is -1.62. The average Bonchev–Trinajstić information content (AvgIpc) is 3.30. The normalized spacial score (nSPS) is 24.0. The van der Waals surface area contributed by atoms with Crippen LogP contribution in [0.4, 0.5) is 0 Å². The van der Waals surface area contributed by atoms with Crippen molar-refractivity contribution in [2.75, 3.05) is 13.7 Å². The van der Waals surface area contributed by atoms with Gasteiger partial charge in [-0.3, -0.25) is 5.10 Å². The smallest absolute Gasteiger partial charge is 0.216 e. The van der Waals surface area contributed by atoms with Gasteiger partial charge >= 0.3 is 0 Å². The van der Waals surface area contributed by atoms with E-state index >= 15 is 0 Å². The van der Waals surface area contributed by atoms with Gasteiger partial charge in [0.25, 0.3) is 0 Å². The third kappa shape index (κ3) is 4.29. The number of nitrogens with zero attached hydrogens (tertiary/aromatic N) is 3. The van der Waals surface area contributed by atoms with Gasteiger partial charge in [0.15, 0.2) is 11.7 Å². The third-order valence-electron chi connectivity index (χ3n) is 5.59. The average molecular weight is 488 g/mol. The van der Waals surface area contributed by atoms with Crippen molar-refractivity contribution in [3.8, 4) is 11.6 Å². The molecule has 1 saturated carbocycles. The summed E-state index contributed by atoms with van der Waals surface area (Å²) in [7, 11) is 1.78. The van der Waals surface area contributed by atoms with Crippen LogP contribution in [0.1, 0.15) is 39.9 Å². The van der Waals surface area contributed by atoms with Gasteiger partial charge in [0.05, 0.1) is 11.9 Å². The van der Waals surface area contributed by atoms with Gasteiger partial charge < -0.3 is 19.8 Å². The zero-order valence-corrected chi connectivity index (χ0v) is 18.8. The molecule has 0 amide bonds. The van der Waals surface area contributed by atoms with Crippen LogP contribution in [0, 0.1) is 5.41 Å². The molecule has 27 heavy (non-hydrogen) atoms. The lowest BCUT2D eigenvalue weighted by Crippen LogP contribution is -2.69. The van der Waals surface area contributed by atoms with Gasteiger partial charge in [-0.25, -0.2) is 9.98 Å². The topological polar surface area (TPSA) is 100 Å². The molecule has 3 N–H and O–H groups in total. The molecule has 0 saturated heterocycles. The number of hydrogen-bond donors (Lipinski definition) is 3. The number of H-pyrrole nitrogens is 1. The molecule has 1 aliphatic rings. The summed E-state index contributed by atoms with van der Waals surface area (Å²) in [6.07, 6.45) is 2.54. The molecule has 2 aromatic rings. The summed E-state index contributed by atoms with van der Waals surface area (Å²) in [4.78, 5) is 9.05. The first-order chi connectivity index (χ1) is 12.4. The molecule has 0 spiro atoms. The van der Waals surface area contributed by atoms with Crippen molar-refractivity contribution in [3.05, 3.63) is 24.2 Å². The van der Waals surface area contributed by atoms with Crippen molar-refractivity contribution in [2.24, 2.45) is 10.4 Å². The number of methoxy groups -OCH3 is 1. The fraction of sp³-hybridized carbons (Fsp3) is 0.611. The van der Waals surface area contributed by atoms with Crippen LogP contribution in [-0.2, 0) is 11.3 Å². The first-order valence-corrected chi connectivity index (χ1v) is 8.95. The van der Waals surface area contributed by atoms with Crippen molar-refractivity contribution in [1.29, 1.82) is 0 Å². The van der Waals surface area contributed by atoms with Crippen molar-refractivity contribution >= 4 is 29.9 Å². The molecular formula is C18H29IN6O2. The Morgan fingerprint density at radius 2 is 2.22 bits per heavy atom. The Morgan fingerprint density at radius 3 is 2.81 bits per heavy atom. The molecule has 2 aromatic heterocycles. The van der Waals surface area contributed by atoms with Crippen molar-refractivity contribution < 1.29 is 9.15 Å². The molecule has 0 bridgehead atoms. The Bertz CT molecular complexity index is 758. The van der Waals surface area contributed by atoms with Gasteiger partial charge in [-0.15, -0.1) is 29.1 Å². The lowest BCUT2D eigenvalue weighted by molar-refractivity contribution is -0.176. The molecule has 0 aromatic carbocycles. The van der Waals surface area contributed by atoms with E-state index in [-0.39, 0.29) is 35.0 Å². The first kappa shape index (κ1) is 21.7. The number of aliphatic imine (C=N–C) groups is 1. The fourth-order valence-electron chi connectivity index (χ4n) is 3.24. The maximum atomic E-state index is 5.70. The highest BCUT2D eigenvalue weighted by molar-refractivity contribution is 14.0. The summed E-state index contributed by atoms with van der Waals surface area (Å²) in [5.74, 6) is 2.62. The third-order valence-corrected chi connectivity index (χ3v) is 5.59. The number of nitrogens with one attached hydrogen (secondary N) is 3. The number of guanidine groups is 1. The van der Waals surface area contributed by atoms with Crippen molar-refractivity contribution in [2.45, 2.75) is 52.3 Å². The molecule has 2 unspecified atom stereocenters. The molecule has 2 heterocycles. The minimum absolute atomic E-state index is 0. The second kappa shape index (κ2) is 8.59. The van der Waals surface area contributed by atoms with E-state index in [1.165, 1.54) is 0 Å². The number of furan rings is 1. The quantitative estimate of drug-likeness (QED) is 0.329.